The highest BCUT2D eigenvalue weighted by Gasteiger charge is 2.35. The van der Waals surface area contributed by atoms with Crippen LogP contribution in [0.4, 0.5) is 13.2 Å². The van der Waals surface area contributed by atoms with Crippen molar-refractivity contribution < 1.29 is 22.6 Å². The summed E-state index contributed by atoms with van der Waals surface area (Å²) in [7, 11) is 0. The van der Waals surface area contributed by atoms with E-state index in [0.717, 1.165) is 57.7 Å². The van der Waals surface area contributed by atoms with E-state index >= 15 is 0 Å². The number of rotatable bonds is 4. The molecule has 0 spiro atoms. The van der Waals surface area contributed by atoms with Gasteiger partial charge in [-0.1, -0.05) is 0 Å². The van der Waals surface area contributed by atoms with E-state index in [1.165, 1.54) is 12.1 Å². The number of hydrogen-bond donors (Lipinski definition) is 1. The van der Waals surface area contributed by atoms with Crippen molar-refractivity contribution >= 4 is 0 Å². The second kappa shape index (κ2) is 7.09. The smallest absolute Gasteiger partial charge is 0.416 e. The van der Waals surface area contributed by atoms with E-state index < -0.39 is 11.7 Å². The van der Waals surface area contributed by atoms with E-state index in [1.807, 2.05) is 0 Å². The van der Waals surface area contributed by atoms with Crippen LogP contribution in [-0.4, -0.2) is 32.4 Å². The van der Waals surface area contributed by atoms with Gasteiger partial charge in [0.2, 0.25) is 0 Å². The molecule has 0 saturated carbocycles. The highest BCUT2D eigenvalue weighted by atomic mass is 19.4. The van der Waals surface area contributed by atoms with Crippen molar-refractivity contribution in [1.82, 2.24) is 5.32 Å². The molecule has 1 unspecified atom stereocenters. The molecule has 2 heterocycles. The Hall–Kier alpha value is -1.27. The molecule has 2 atom stereocenters. The summed E-state index contributed by atoms with van der Waals surface area (Å²) in [5.74, 6) is 1.32. The Labute approximate surface area is 134 Å². The first-order chi connectivity index (χ1) is 11.0. The maximum absolute atomic E-state index is 12.7. The largest absolute Gasteiger partial charge is 0.490 e. The number of alkyl halides is 3. The van der Waals surface area contributed by atoms with Gasteiger partial charge in [0.05, 0.1) is 5.56 Å². The van der Waals surface area contributed by atoms with Crippen LogP contribution in [0.3, 0.4) is 0 Å². The summed E-state index contributed by atoms with van der Waals surface area (Å²) in [6.45, 7) is 3.35. The second-order valence-electron chi connectivity index (χ2n) is 6.31. The Morgan fingerprint density at radius 1 is 1.04 bits per heavy atom. The molecule has 0 bridgehead atoms. The van der Waals surface area contributed by atoms with Gasteiger partial charge in [0, 0.05) is 31.6 Å². The lowest BCUT2D eigenvalue weighted by atomic mass is 9.85. The van der Waals surface area contributed by atoms with Gasteiger partial charge in [-0.15, -0.1) is 0 Å². The normalized spacial score (nSPS) is 24.6. The number of halogens is 3. The van der Waals surface area contributed by atoms with Gasteiger partial charge in [-0.05, 0) is 50.1 Å². The van der Waals surface area contributed by atoms with Crippen LogP contribution in [0.5, 0.6) is 5.75 Å². The summed E-state index contributed by atoms with van der Waals surface area (Å²) < 4.78 is 49.5. The molecule has 3 rings (SSSR count). The Morgan fingerprint density at radius 3 is 2.30 bits per heavy atom. The predicted octanol–water partition coefficient (Wildman–Crippen LogP) is 3.49. The summed E-state index contributed by atoms with van der Waals surface area (Å²) >= 11 is 0. The molecule has 128 valence electrons. The van der Waals surface area contributed by atoms with Crippen molar-refractivity contribution in [3.05, 3.63) is 29.8 Å². The lowest BCUT2D eigenvalue weighted by Crippen LogP contribution is -2.39. The molecule has 0 aromatic heterocycles. The molecule has 1 N–H and O–H groups in total. The van der Waals surface area contributed by atoms with Crippen molar-refractivity contribution in [2.75, 3.05) is 26.3 Å². The van der Waals surface area contributed by atoms with E-state index in [4.69, 9.17) is 9.47 Å². The van der Waals surface area contributed by atoms with E-state index in [2.05, 4.69) is 5.32 Å². The first-order valence-corrected chi connectivity index (χ1v) is 8.16. The molecule has 3 nitrogen and oxygen atoms in total. The molecule has 2 aliphatic heterocycles. The molecule has 0 radical (unpaired) electrons. The van der Waals surface area contributed by atoms with Gasteiger partial charge in [0.25, 0.3) is 0 Å². The maximum atomic E-state index is 12.7. The van der Waals surface area contributed by atoms with Crippen molar-refractivity contribution in [2.45, 2.75) is 31.5 Å². The molecule has 6 heteroatoms. The van der Waals surface area contributed by atoms with E-state index in [0.29, 0.717) is 17.6 Å². The lowest BCUT2D eigenvalue weighted by molar-refractivity contribution is -0.137. The van der Waals surface area contributed by atoms with E-state index in [1.54, 1.807) is 0 Å². The minimum atomic E-state index is -4.31. The average Bonchev–Trinajstić information content (AvgIpc) is 3.07. The Kier molecular flexibility index (Phi) is 5.11. The second-order valence-corrected chi connectivity index (χ2v) is 6.31. The molecule has 2 saturated heterocycles. The van der Waals surface area contributed by atoms with Gasteiger partial charge in [-0.25, -0.2) is 0 Å². The topological polar surface area (TPSA) is 30.5 Å². The first-order valence-electron chi connectivity index (χ1n) is 8.16. The Bertz CT molecular complexity index is 492. The molecule has 23 heavy (non-hydrogen) atoms. The van der Waals surface area contributed by atoms with E-state index in [-0.39, 0.29) is 6.10 Å². The molecule has 2 fully saturated rings. The van der Waals surface area contributed by atoms with Crippen LogP contribution >= 0.6 is 0 Å². The fourth-order valence-electron chi connectivity index (χ4n) is 3.46. The van der Waals surface area contributed by atoms with Crippen LogP contribution in [0, 0.1) is 11.8 Å². The summed E-state index contributed by atoms with van der Waals surface area (Å²) in [6.07, 6.45) is -1.34. The molecule has 1 aromatic carbocycles. The summed E-state index contributed by atoms with van der Waals surface area (Å²) in [6, 6.07) is 5.03. The van der Waals surface area contributed by atoms with Crippen LogP contribution in [0.25, 0.3) is 0 Å². The van der Waals surface area contributed by atoms with Crippen molar-refractivity contribution in [2.24, 2.45) is 11.8 Å². The SMILES string of the molecule is FC(F)(F)c1ccc(O[C@@H](C2CCOCC2)C2CCNC2)cc1. The summed E-state index contributed by atoms with van der Waals surface area (Å²) in [5, 5.41) is 3.35. The standard InChI is InChI=1S/C17H22F3NO2/c18-17(19,20)14-1-3-15(4-2-14)23-16(13-5-8-21-11-13)12-6-9-22-10-7-12/h1-4,12-13,16,21H,5-11H2/t13?,16-/m0/s1. The van der Waals surface area contributed by atoms with Crippen molar-refractivity contribution in [3.8, 4) is 5.75 Å². The Balaban J connectivity index is 1.72. The number of nitrogens with one attached hydrogen (secondary N) is 1. The van der Waals surface area contributed by atoms with Gasteiger partial charge >= 0.3 is 6.18 Å². The Morgan fingerprint density at radius 2 is 1.74 bits per heavy atom. The van der Waals surface area contributed by atoms with Gasteiger partial charge in [-0.2, -0.15) is 13.2 Å². The van der Waals surface area contributed by atoms with E-state index in [9.17, 15) is 13.2 Å². The third-order valence-electron chi connectivity index (χ3n) is 4.75. The van der Waals surface area contributed by atoms with Crippen LogP contribution in [0.15, 0.2) is 24.3 Å². The first kappa shape index (κ1) is 16.6. The molecular weight excluding hydrogens is 307 g/mol. The van der Waals surface area contributed by atoms with Crippen LogP contribution in [-0.2, 0) is 10.9 Å². The number of hydrogen-bond acceptors (Lipinski definition) is 3. The van der Waals surface area contributed by atoms with Crippen molar-refractivity contribution in [1.29, 1.82) is 0 Å². The van der Waals surface area contributed by atoms with Crippen LogP contribution in [0.2, 0.25) is 0 Å². The van der Waals surface area contributed by atoms with Gasteiger partial charge in [-0.3, -0.25) is 0 Å². The highest BCUT2D eigenvalue weighted by molar-refractivity contribution is 5.29. The fraction of sp³-hybridized carbons (Fsp3) is 0.647. The zero-order valence-corrected chi connectivity index (χ0v) is 12.9. The third-order valence-corrected chi connectivity index (χ3v) is 4.75. The molecular formula is C17H22F3NO2. The van der Waals surface area contributed by atoms with Crippen molar-refractivity contribution in [3.63, 3.8) is 0 Å². The minimum absolute atomic E-state index is 0.0330. The van der Waals surface area contributed by atoms with Gasteiger partial charge < -0.3 is 14.8 Å². The fourth-order valence-corrected chi connectivity index (χ4v) is 3.46. The maximum Gasteiger partial charge on any atom is 0.416 e. The predicted molar refractivity (Wildman–Crippen MR) is 80.4 cm³/mol. The highest BCUT2D eigenvalue weighted by Crippen LogP contribution is 2.33. The van der Waals surface area contributed by atoms with Gasteiger partial charge in [0.1, 0.15) is 11.9 Å². The lowest BCUT2D eigenvalue weighted by Gasteiger charge is -2.34. The molecule has 0 aliphatic carbocycles. The summed E-state index contributed by atoms with van der Waals surface area (Å²) in [5.41, 5.74) is -0.644. The zero-order chi connectivity index (χ0) is 16.3. The van der Waals surface area contributed by atoms with Crippen LogP contribution in [0.1, 0.15) is 24.8 Å². The average molecular weight is 329 g/mol. The van der Waals surface area contributed by atoms with Gasteiger partial charge in [0.15, 0.2) is 0 Å². The monoisotopic (exact) mass is 329 g/mol. The zero-order valence-electron chi connectivity index (χ0n) is 12.9. The minimum Gasteiger partial charge on any atom is -0.490 e. The molecule has 0 amide bonds. The van der Waals surface area contributed by atoms with Crippen LogP contribution < -0.4 is 10.1 Å². The number of ether oxygens (including phenoxy) is 2. The number of benzene rings is 1. The summed E-state index contributed by atoms with van der Waals surface area (Å²) in [4.78, 5) is 0. The molecule has 1 aromatic rings. The molecule has 2 aliphatic rings. The third kappa shape index (κ3) is 4.18. The quantitative estimate of drug-likeness (QED) is 0.917.